The third-order valence-corrected chi connectivity index (χ3v) is 5.12. The number of nitrogens with one attached hydrogen (secondary N) is 3. The van der Waals surface area contributed by atoms with E-state index in [0.29, 0.717) is 38.1 Å². The van der Waals surface area contributed by atoms with Crippen molar-refractivity contribution in [2.45, 2.75) is 26.8 Å². The van der Waals surface area contributed by atoms with Gasteiger partial charge in [0.15, 0.2) is 12.6 Å². The number of carbonyl (C=O) groups is 3. The molecule has 1 aromatic carbocycles. The van der Waals surface area contributed by atoms with E-state index in [1.165, 1.54) is 7.11 Å². The van der Waals surface area contributed by atoms with E-state index in [9.17, 15) is 14.4 Å². The van der Waals surface area contributed by atoms with Crippen LogP contribution in [0.25, 0.3) is 0 Å². The summed E-state index contributed by atoms with van der Waals surface area (Å²) in [5, 5.41) is 3.20. The van der Waals surface area contributed by atoms with E-state index in [-0.39, 0.29) is 18.2 Å². The average Bonchev–Trinajstić information content (AvgIpc) is 2.95. The van der Waals surface area contributed by atoms with Crippen LogP contribution in [0.4, 0.5) is 5.69 Å². The molecule has 2 aromatic rings. The van der Waals surface area contributed by atoms with Crippen molar-refractivity contribution >= 4 is 34.9 Å². The number of anilines is 1. The first-order valence-electron chi connectivity index (χ1n) is 8.85. The summed E-state index contributed by atoms with van der Waals surface area (Å²) in [6, 6.07) is 6.46. The van der Waals surface area contributed by atoms with Crippen LogP contribution in [0, 0.1) is 13.8 Å². The summed E-state index contributed by atoms with van der Waals surface area (Å²) in [4.78, 5) is 40.9. The van der Waals surface area contributed by atoms with E-state index in [1.807, 2.05) is 0 Å². The Morgan fingerprint density at radius 1 is 1.25 bits per heavy atom. The van der Waals surface area contributed by atoms with Gasteiger partial charge in [0.05, 0.1) is 36.1 Å². The molecule has 7 nitrogen and oxygen atoms in total. The van der Waals surface area contributed by atoms with Gasteiger partial charge in [0.25, 0.3) is 5.91 Å². The Morgan fingerprint density at radius 3 is 2.50 bits per heavy atom. The van der Waals surface area contributed by atoms with Crippen molar-refractivity contribution < 1.29 is 24.0 Å². The number of benzene rings is 1. The van der Waals surface area contributed by atoms with Crippen molar-refractivity contribution in [1.29, 1.82) is 0 Å². The van der Waals surface area contributed by atoms with E-state index < -0.39 is 12.0 Å². The molecule has 1 heterocycles. The van der Waals surface area contributed by atoms with Crippen LogP contribution in [0.1, 0.15) is 39.0 Å². The maximum absolute atomic E-state index is 12.9. The van der Waals surface area contributed by atoms with Gasteiger partial charge in [0, 0.05) is 5.69 Å². The first-order chi connectivity index (χ1) is 13.2. The molecule has 3 N–H and O–H groups in total. The lowest BCUT2D eigenvalue weighted by Crippen LogP contribution is -3.14. The van der Waals surface area contributed by atoms with E-state index in [0.717, 1.165) is 0 Å². The second kappa shape index (κ2) is 9.03. The fraction of sp³-hybridized carbons (Fsp3) is 0.350. The average molecular weight is 407 g/mol. The molecule has 0 spiro atoms. The molecule has 1 aromatic heterocycles. The number of likely N-dealkylation sites (N-methyl/N-ethyl adjacent to an activating group) is 1. The number of aromatic amines is 1. The second-order valence-electron chi connectivity index (χ2n) is 6.75. The number of esters is 1. The van der Waals surface area contributed by atoms with Gasteiger partial charge in [-0.1, -0.05) is 23.7 Å². The van der Waals surface area contributed by atoms with Gasteiger partial charge in [0.2, 0.25) is 5.78 Å². The molecule has 150 valence electrons. The topological polar surface area (TPSA) is 92.7 Å². The summed E-state index contributed by atoms with van der Waals surface area (Å²) >= 11 is 6.05. The standard InChI is InChI=1S/C20H24ClN3O4/c1-11-17(20(27)28-5)12(2)22-18(11)19(26)13(3)24(4)10-16(25)23-15-9-7-6-8-14(15)21/h6-9,13,22H,10H2,1-5H3,(H,23,25)/p+1/t13-/m0/s1. The molecular weight excluding hydrogens is 382 g/mol. The minimum atomic E-state index is -0.501. The summed E-state index contributed by atoms with van der Waals surface area (Å²) < 4.78 is 4.78. The van der Waals surface area contributed by atoms with Crippen LogP contribution in [0.2, 0.25) is 5.02 Å². The summed E-state index contributed by atoms with van der Waals surface area (Å²) in [6.45, 7) is 5.25. The molecule has 0 radical (unpaired) electrons. The Morgan fingerprint density at radius 2 is 1.89 bits per heavy atom. The van der Waals surface area contributed by atoms with Gasteiger partial charge >= 0.3 is 5.97 Å². The number of methoxy groups -OCH3 is 1. The lowest BCUT2D eigenvalue weighted by atomic mass is 10.0. The van der Waals surface area contributed by atoms with Gasteiger partial charge in [-0.15, -0.1) is 0 Å². The molecule has 0 aliphatic carbocycles. The van der Waals surface area contributed by atoms with Gasteiger partial charge in [-0.25, -0.2) is 4.79 Å². The number of halogens is 1. The highest BCUT2D eigenvalue weighted by Crippen LogP contribution is 2.21. The number of rotatable bonds is 7. The maximum Gasteiger partial charge on any atom is 0.339 e. The largest absolute Gasteiger partial charge is 0.465 e. The Labute approximate surface area is 169 Å². The van der Waals surface area contributed by atoms with Crippen LogP contribution >= 0.6 is 11.6 Å². The highest BCUT2D eigenvalue weighted by atomic mass is 35.5. The van der Waals surface area contributed by atoms with Gasteiger partial charge in [0.1, 0.15) is 0 Å². The molecule has 1 unspecified atom stereocenters. The van der Waals surface area contributed by atoms with Crippen LogP contribution in [-0.2, 0) is 9.53 Å². The maximum atomic E-state index is 12.9. The van der Waals surface area contributed by atoms with Crippen molar-refractivity contribution in [3.8, 4) is 0 Å². The summed E-state index contributed by atoms with van der Waals surface area (Å²) in [5.41, 5.74) is 2.38. The van der Waals surface area contributed by atoms with Crippen molar-refractivity contribution in [1.82, 2.24) is 4.98 Å². The Hall–Kier alpha value is -2.64. The Bertz CT molecular complexity index is 907. The fourth-order valence-electron chi connectivity index (χ4n) is 3.01. The zero-order chi connectivity index (χ0) is 21.0. The molecule has 0 bridgehead atoms. The number of ether oxygens (including phenoxy) is 1. The third-order valence-electron chi connectivity index (χ3n) is 4.79. The van der Waals surface area contributed by atoms with Crippen molar-refractivity contribution in [2.75, 3.05) is 26.0 Å². The molecule has 0 fully saturated rings. The van der Waals surface area contributed by atoms with E-state index in [4.69, 9.17) is 16.3 Å². The molecule has 0 aliphatic rings. The number of para-hydroxylation sites is 1. The molecule has 0 saturated carbocycles. The Balaban J connectivity index is 2.09. The lowest BCUT2D eigenvalue weighted by molar-refractivity contribution is -0.885. The van der Waals surface area contributed by atoms with Crippen molar-refractivity contribution in [3.05, 3.63) is 51.8 Å². The van der Waals surface area contributed by atoms with Crippen LogP contribution in [-0.4, -0.2) is 49.4 Å². The monoisotopic (exact) mass is 406 g/mol. The molecular formula is C20H25ClN3O4+. The zero-order valence-electron chi connectivity index (χ0n) is 16.6. The molecule has 0 saturated heterocycles. The second-order valence-corrected chi connectivity index (χ2v) is 7.16. The minimum Gasteiger partial charge on any atom is -0.465 e. The summed E-state index contributed by atoms with van der Waals surface area (Å²) in [7, 11) is 3.06. The number of aryl methyl sites for hydroxylation is 1. The van der Waals surface area contributed by atoms with Gasteiger partial charge in [-0.2, -0.15) is 0 Å². The van der Waals surface area contributed by atoms with E-state index >= 15 is 0 Å². The molecule has 0 aliphatic heterocycles. The number of quaternary nitrogens is 1. The fourth-order valence-corrected chi connectivity index (χ4v) is 3.19. The summed E-state index contributed by atoms with van der Waals surface area (Å²) in [6.07, 6.45) is 0. The van der Waals surface area contributed by atoms with Gasteiger partial charge in [-0.05, 0) is 38.5 Å². The Kier molecular flexibility index (Phi) is 6.99. The van der Waals surface area contributed by atoms with E-state index in [1.54, 1.807) is 52.1 Å². The number of Topliss-reactive ketones (excluding diaryl/α,β-unsaturated/α-hetero) is 1. The number of carbonyl (C=O) groups excluding carboxylic acids is 3. The molecule has 28 heavy (non-hydrogen) atoms. The molecule has 2 atom stereocenters. The predicted octanol–water partition coefficient (Wildman–Crippen LogP) is 1.80. The molecule has 8 heteroatoms. The van der Waals surface area contributed by atoms with Crippen LogP contribution in [0.5, 0.6) is 0 Å². The van der Waals surface area contributed by atoms with Crippen LogP contribution in [0.15, 0.2) is 24.3 Å². The van der Waals surface area contributed by atoms with Gasteiger partial charge < -0.3 is 19.9 Å². The minimum absolute atomic E-state index is 0.0841. The SMILES string of the molecule is COC(=O)c1c(C)[nH]c(C(=O)[C@H](C)[NH+](C)CC(=O)Nc2ccccc2Cl)c1C. The number of H-pyrrole nitrogens is 1. The molecule has 1 amide bonds. The lowest BCUT2D eigenvalue weighted by Gasteiger charge is -2.20. The number of hydrogen-bond acceptors (Lipinski definition) is 4. The number of amides is 1. The third kappa shape index (κ3) is 4.61. The smallest absolute Gasteiger partial charge is 0.339 e. The quantitative estimate of drug-likeness (QED) is 0.483. The number of ketones is 1. The van der Waals surface area contributed by atoms with Gasteiger partial charge in [-0.3, -0.25) is 9.59 Å². The predicted molar refractivity (Wildman–Crippen MR) is 107 cm³/mol. The normalized spacial score (nSPS) is 12.9. The van der Waals surface area contributed by atoms with Crippen molar-refractivity contribution in [3.63, 3.8) is 0 Å². The zero-order valence-corrected chi connectivity index (χ0v) is 17.4. The first kappa shape index (κ1) is 21.7. The van der Waals surface area contributed by atoms with Crippen LogP contribution in [0.3, 0.4) is 0 Å². The number of hydrogen-bond donors (Lipinski definition) is 3. The highest BCUT2D eigenvalue weighted by molar-refractivity contribution is 6.33. The van der Waals surface area contributed by atoms with Crippen LogP contribution < -0.4 is 10.2 Å². The van der Waals surface area contributed by atoms with E-state index in [2.05, 4.69) is 10.3 Å². The first-order valence-corrected chi connectivity index (χ1v) is 9.23. The highest BCUT2D eigenvalue weighted by Gasteiger charge is 2.30. The van der Waals surface area contributed by atoms with Crippen molar-refractivity contribution in [2.24, 2.45) is 0 Å². The molecule has 2 rings (SSSR count). The number of aromatic nitrogens is 1. The summed E-state index contributed by atoms with van der Waals surface area (Å²) in [5.74, 6) is -0.920.